The molecule has 0 radical (unpaired) electrons. The highest BCUT2D eigenvalue weighted by molar-refractivity contribution is 5.43. The molecule has 0 aliphatic carbocycles. The summed E-state index contributed by atoms with van der Waals surface area (Å²) >= 11 is 0. The Bertz CT molecular complexity index is 925. The molecule has 23 heavy (non-hydrogen) atoms. The predicted molar refractivity (Wildman–Crippen MR) is 88.6 cm³/mol. The molecule has 1 N–H and O–H groups in total. The smallest absolute Gasteiger partial charge is 0.335 e. The first-order chi connectivity index (χ1) is 11.0. The molecule has 0 aliphatic rings. The number of aromatic nitrogens is 2. The first-order valence-corrected chi connectivity index (χ1v) is 7.21. The number of hydrogen-bond donors (Lipinski definition) is 1. The molecule has 2 aromatic carbocycles. The number of aromatic amines is 1. The van der Waals surface area contributed by atoms with Crippen molar-refractivity contribution in [1.29, 1.82) is 0 Å². The lowest BCUT2D eigenvalue weighted by molar-refractivity contribution is 0.456. The number of ether oxygens (including phenoxy) is 1. The summed E-state index contributed by atoms with van der Waals surface area (Å²) in [5.74, 6) is 0.666. The van der Waals surface area contributed by atoms with Crippen LogP contribution in [0.2, 0.25) is 0 Å². The van der Waals surface area contributed by atoms with Gasteiger partial charge < -0.3 is 4.74 Å². The van der Waals surface area contributed by atoms with Crippen molar-refractivity contribution in [3.05, 3.63) is 86.6 Å². The Labute approximate surface area is 132 Å². The predicted octanol–water partition coefficient (Wildman–Crippen LogP) is 2.93. The number of para-hydroxylation sites is 1. The monoisotopic (exact) mass is 308 g/mol. The van der Waals surface area contributed by atoms with Gasteiger partial charge in [-0.1, -0.05) is 30.3 Å². The topological polar surface area (TPSA) is 64.1 Å². The molecule has 3 rings (SSSR count). The molecule has 0 aliphatic heterocycles. The molecule has 0 bridgehead atoms. The van der Waals surface area contributed by atoms with Crippen molar-refractivity contribution in [3.63, 3.8) is 0 Å². The van der Waals surface area contributed by atoms with Crippen molar-refractivity contribution in [1.82, 2.24) is 9.55 Å². The zero-order valence-electron chi connectivity index (χ0n) is 12.9. The maximum atomic E-state index is 12.4. The highest BCUT2D eigenvalue weighted by atomic mass is 16.5. The van der Waals surface area contributed by atoms with E-state index in [0.717, 1.165) is 15.7 Å². The standard InChI is InChI=1S/C18H16N2O3/c1-12-8-9-13(2)15(10-12)20-17(21)11-16(19-18(20)22)23-14-6-4-3-5-7-14/h3-11H,1-2H3,(H,19,22). The van der Waals surface area contributed by atoms with Gasteiger partial charge in [-0.25, -0.2) is 9.36 Å². The van der Waals surface area contributed by atoms with Gasteiger partial charge in [0.25, 0.3) is 5.56 Å². The van der Waals surface area contributed by atoms with Gasteiger partial charge in [-0.05, 0) is 43.2 Å². The third-order valence-corrected chi connectivity index (χ3v) is 3.48. The molecule has 0 atom stereocenters. The van der Waals surface area contributed by atoms with Gasteiger partial charge in [0.15, 0.2) is 0 Å². The van der Waals surface area contributed by atoms with Crippen molar-refractivity contribution in [3.8, 4) is 17.3 Å². The van der Waals surface area contributed by atoms with E-state index >= 15 is 0 Å². The summed E-state index contributed by atoms with van der Waals surface area (Å²) < 4.78 is 6.63. The average molecular weight is 308 g/mol. The molecule has 0 unspecified atom stereocenters. The van der Waals surface area contributed by atoms with E-state index in [1.807, 2.05) is 50.2 Å². The minimum Gasteiger partial charge on any atom is -0.441 e. The molecule has 0 spiro atoms. The molecule has 5 nitrogen and oxygen atoms in total. The fourth-order valence-corrected chi connectivity index (χ4v) is 2.33. The minimum atomic E-state index is -0.530. The van der Waals surface area contributed by atoms with Crippen LogP contribution in [0.15, 0.2) is 64.2 Å². The van der Waals surface area contributed by atoms with Crippen molar-refractivity contribution >= 4 is 0 Å². The van der Waals surface area contributed by atoms with Gasteiger partial charge in [-0.15, -0.1) is 0 Å². The molecule has 0 amide bonds. The van der Waals surface area contributed by atoms with Crippen LogP contribution in [0.5, 0.6) is 11.6 Å². The van der Waals surface area contributed by atoms with Crippen LogP contribution in [0, 0.1) is 13.8 Å². The van der Waals surface area contributed by atoms with Crippen LogP contribution in [0.25, 0.3) is 5.69 Å². The van der Waals surface area contributed by atoms with Gasteiger partial charge in [-0.3, -0.25) is 9.78 Å². The molecular weight excluding hydrogens is 292 g/mol. The maximum absolute atomic E-state index is 12.4. The normalized spacial score (nSPS) is 10.5. The summed E-state index contributed by atoms with van der Waals surface area (Å²) in [7, 11) is 0. The number of hydrogen-bond acceptors (Lipinski definition) is 3. The van der Waals surface area contributed by atoms with Crippen molar-refractivity contribution in [2.45, 2.75) is 13.8 Å². The fourth-order valence-electron chi connectivity index (χ4n) is 2.33. The highest BCUT2D eigenvalue weighted by Gasteiger charge is 2.10. The van der Waals surface area contributed by atoms with Crippen molar-refractivity contribution in [2.24, 2.45) is 0 Å². The Morgan fingerprint density at radius 1 is 0.957 bits per heavy atom. The van der Waals surface area contributed by atoms with E-state index in [0.29, 0.717) is 11.4 Å². The zero-order valence-corrected chi connectivity index (χ0v) is 12.9. The summed E-state index contributed by atoms with van der Waals surface area (Å²) in [4.78, 5) is 27.3. The number of rotatable bonds is 3. The Morgan fingerprint density at radius 3 is 2.39 bits per heavy atom. The van der Waals surface area contributed by atoms with Crippen LogP contribution >= 0.6 is 0 Å². The third kappa shape index (κ3) is 3.08. The second-order valence-corrected chi connectivity index (χ2v) is 5.32. The van der Waals surface area contributed by atoms with Crippen molar-refractivity contribution < 1.29 is 4.74 Å². The summed E-state index contributed by atoms with van der Waals surface area (Å²) in [6, 6.07) is 15.9. The number of benzene rings is 2. The molecule has 0 saturated carbocycles. The lowest BCUT2D eigenvalue weighted by atomic mass is 10.1. The summed E-state index contributed by atoms with van der Waals surface area (Å²) in [6.07, 6.45) is 0. The van der Waals surface area contributed by atoms with E-state index < -0.39 is 11.2 Å². The first kappa shape index (κ1) is 14.8. The van der Waals surface area contributed by atoms with Crippen LogP contribution in [-0.4, -0.2) is 9.55 Å². The van der Waals surface area contributed by atoms with Crippen LogP contribution in [0.1, 0.15) is 11.1 Å². The SMILES string of the molecule is Cc1ccc(C)c(-n2c(=O)cc(Oc3ccccc3)[nH]c2=O)c1. The van der Waals surface area contributed by atoms with Crippen LogP contribution < -0.4 is 16.0 Å². The van der Waals surface area contributed by atoms with Gasteiger partial charge in [0, 0.05) is 0 Å². The molecule has 0 fully saturated rings. The average Bonchev–Trinajstić information content (AvgIpc) is 2.51. The zero-order chi connectivity index (χ0) is 16.4. The van der Waals surface area contributed by atoms with Gasteiger partial charge in [-0.2, -0.15) is 0 Å². The molecule has 1 aromatic heterocycles. The number of nitrogens with one attached hydrogen (secondary N) is 1. The van der Waals surface area contributed by atoms with E-state index in [-0.39, 0.29) is 5.88 Å². The minimum absolute atomic E-state index is 0.118. The van der Waals surface area contributed by atoms with E-state index in [9.17, 15) is 9.59 Å². The van der Waals surface area contributed by atoms with Gasteiger partial charge >= 0.3 is 5.69 Å². The number of H-pyrrole nitrogens is 1. The van der Waals surface area contributed by atoms with E-state index in [4.69, 9.17) is 4.74 Å². The first-order valence-electron chi connectivity index (χ1n) is 7.21. The number of aryl methyl sites for hydroxylation is 2. The third-order valence-electron chi connectivity index (χ3n) is 3.48. The molecule has 3 aromatic rings. The number of nitrogens with zero attached hydrogens (tertiary/aromatic N) is 1. The molecule has 5 heteroatoms. The van der Waals surface area contributed by atoms with E-state index in [2.05, 4.69) is 4.98 Å². The summed E-state index contributed by atoms with van der Waals surface area (Å²) in [5, 5.41) is 0. The lowest BCUT2D eigenvalue weighted by Gasteiger charge is -2.10. The second-order valence-electron chi connectivity index (χ2n) is 5.32. The molecular formula is C18H16N2O3. The Kier molecular flexibility index (Phi) is 3.85. The molecule has 1 heterocycles. The molecule has 116 valence electrons. The van der Waals surface area contributed by atoms with Crippen LogP contribution in [0.4, 0.5) is 0 Å². The van der Waals surface area contributed by atoms with Crippen LogP contribution in [-0.2, 0) is 0 Å². The summed E-state index contributed by atoms with van der Waals surface area (Å²) in [5.41, 5.74) is 1.43. The highest BCUT2D eigenvalue weighted by Crippen LogP contribution is 2.17. The van der Waals surface area contributed by atoms with Gasteiger partial charge in [0.1, 0.15) is 5.75 Å². The Morgan fingerprint density at radius 2 is 1.70 bits per heavy atom. The van der Waals surface area contributed by atoms with Gasteiger partial charge in [0.05, 0.1) is 11.8 Å². The van der Waals surface area contributed by atoms with E-state index in [1.165, 1.54) is 6.07 Å². The maximum Gasteiger partial charge on any atom is 0.335 e. The van der Waals surface area contributed by atoms with Crippen molar-refractivity contribution in [2.75, 3.05) is 0 Å². The van der Waals surface area contributed by atoms with Crippen LogP contribution in [0.3, 0.4) is 0 Å². The fraction of sp³-hybridized carbons (Fsp3) is 0.111. The largest absolute Gasteiger partial charge is 0.441 e. The van der Waals surface area contributed by atoms with E-state index in [1.54, 1.807) is 12.1 Å². The summed E-state index contributed by atoms with van der Waals surface area (Å²) in [6.45, 7) is 3.77. The van der Waals surface area contributed by atoms with Gasteiger partial charge in [0.2, 0.25) is 5.88 Å². The Hall–Kier alpha value is -3.08. The lowest BCUT2D eigenvalue weighted by Crippen LogP contribution is -2.33. The molecule has 0 saturated heterocycles. The quantitative estimate of drug-likeness (QED) is 0.809. The second kappa shape index (κ2) is 5.96. The Balaban J connectivity index is 2.07.